The van der Waals surface area contributed by atoms with E-state index >= 15 is 0 Å². The minimum absolute atomic E-state index is 0.00796. The Kier molecular flexibility index (Phi) is 5.36. The zero-order chi connectivity index (χ0) is 17.6. The van der Waals surface area contributed by atoms with E-state index in [1.165, 1.54) is 4.90 Å². The molecule has 3 rings (SSSR count). The molecule has 2 aromatic carbocycles. The summed E-state index contributed by atoms with van der Waals surface area (Å²) in [6, 6.07) is 17.7. The number of quaternary nitrogens is 1. The average Bonchev–Trinajstić information content (AvgIpc) is 3.14. The minimum Gasteiger partial charge on any atom is -0.484 e. The van der Waals surface area contributed by atoms with Gasteiger partial charge in [0, 0.05) is 0 Å². The van der Waals surface area contributed by atoms with Crippen LogP contribution in [0.5, 0.6) is 5.75 Å². The fourth-order valence-electron chi connectivity index (χ4n) is 2.75. The Morgan fingerprint density at radius 2 is 1.92 bits per heavy atom. The van der Waals surface area contributed by atoms with Crippen molar-refractivity contribution in [2.75, 3.05) is 27.2 Å². The van der Waals surface area contributed by atoms with Gasteiger partial charge in [0.2, 0.25) is 0 Å². The van der Waals surface area contributed by atoms with E-state index in [4.69, 9.17) is 9.15 Å². The SMILES string of the molecule is C[NH+](C)[C@@H](CNC(=O)COc1ccc2ccccc2c1)c1ccco1. The van der Waals surface area contributed by atoms with Gasteiger partial charge in [0.15, 0.2) is 18.4 Å². The van der Waals surface area contributed by atoms with Crippen LogP contribution in [-0.2, 0) is 4.79 Å². The first-order valence-electron chi connectivity index (χ1n) is 8.35. The highest BCUT2D eigenvalue weighted by molar-refractivity contribution is 5.84. The van der Waals surface area contributed by atoms with Crippen LogP contribution in [0.3, 0.4) is 0 Å². The average molecular weight is 339 g/mol. The summed E-state index contributed by atoms with van der Waals surface area (Å²) in [4.78, 5) is 13.3. The highest BCUT2D eigenvalue weighted by atomic mass is 16.5. The molecule has 0 saturated heterocycles. The van der Waals surface area contributed by atoms with Crippen LogP contribution in [0.2, 0.25) is 0 Å². The van der Waals surface area contributed by atoms with E-state index in [1.807, 2.05) is 68.7 Å². The van der Waals surface area contributed by atoms with Gasteiger partial charge >= 0.3 is 0 Å². The largest absolute Gasteiger partial charge is 0.484 e. The van der Waals surface area contributed by atoms with Crippen molar-refractivity contribution in [3.8, 4) is 5.75 Å². The van der Waals surface area contributed by atoms with Crippen molar-refractivity contribution in [1.29, 1.82) is 0 Å². The van der Waals surface area contributed by atoms with E-state index in [2.05, 4.69) is 5.32 Å². The molecule has 0 aliphatic heterocycles. The molecule has 0 unspecified atom stereocenters. The lowest BCUT2D eigenvalue weighted by molar-refractivity contribution is -0.891. The minimum atomic E-state index is -0.147. The summed E-state index contributed by atoms with van der Waals surface area (Å²) in [6.07, 6.45) is 1.65. The number of rotatable bonds is 7. The number of furan rings is 1. The van der Waals surface area contributed by atoms with E-state index in [9.17, 15) is 4.79 Å². The van der Waals surface area contributed by atoms with Crippen LogP contribution in [0.15, 0.2) is 65.3 Å². The Hall–Kier alpha value is -2.79. The zero-order valence-electron chi connectivity index (χ0n) is 14.5. The number of hydrogen-bond donors (Lipinski definition) is 2. The molecule has 0 saturated carbocycles. The first-order chi connectivity index (χ1) is 12.1. The lowest BCUT2D eigenvalue weighted by Crippen LogP contribution is -3.07. The molecular formula is C20H23N2O3+. The molecule has 0 aliphatic rings. The number of hydrogen-bond acceptors (Lipinski definition) is 3. The number of ether oxygens (including phenoxy) is 1. The summed E-state index contributed by atoms with van der Waals surface area (Å²) in [5, 5.41) is 5.15. The van der Waals surface area contributed by atoms with E-state index in [0.717, 1.165) is 16.5 Å². The van der Waals surface area contributed by atoms with Crippen LogP contribution >= 0.6 is 0 Å². The standard InChI is InChI=1S/C20H22N2O3/c1-22(2)18(19-8-5-11-24-19)13-21-20(23)14-25-17-10-9-15-6-3-4-7-16(15)12-17/h3-12,18H,13-14H2,1-2H3,(H,21,23)/p+1/t18-/m0/s1. The zero-order valence-corrected chi connectivity index (χ0v) is 14.5. The maximum atomic E-state index is 12.1. The molecule has 1 aromatic heterocycles. The molecule has 1 heterocycles. The maximum absolute atomic E-state index is 12.1. The van der Waals surface area contributed by atoms with Gasteiger partial charge in [0.05, 0.1) is 26.9 Å². The van der Waals surface area contributed by atoms with Crippen LogP contribution in [0.25, 0.3) is 10.8 Å². The molecule has 25 heavy (non-hydrogen) atoms. The Bertz CT molecular complexity index is 828. The van der Waals surface area contributed by atoms with Crippen molar-refractivity contribution >= 4 is 16.7 Å². The fourth-order valence-corrected chi connectivity index (χ4v) is 2.75. The Balaban J connectivity index is 1.53. The molecule has 0 aliphatic carbocycles. The highest BCUT2D eigenvalue weighted by Crippen LogP contribution is 2.20. The molecule has 3 aromatic rings. The number of amides is 1. The van der Waals surface area contributed by atoms with Crippen LogP contribution < -0.4 is 15.0 Å². The van der Waals surface area contributed by atoms with Gasteiger partial charge < -0.3 is 19.4 Å². The predicted molar refractivity (Wildman–Crippen MR) is 96.7 cm³/mol. The molecule has 5 nitrogen and oxygen atoms in total. The van der Waals surface area contributed by atoms with Gasteiger partial charge in [-0.15, -0.1) is 0 Å². The number of nitrogens with one attached hydrogen (secondary N) is 2. The second-order valence-electron chi connectivity index (χ2n) is 6.25. The third-order valence-electron chi connectivity index (χ3n) is 4.18. The Labute approximate surface area is 147 Å². The second kappa shape index (κ2) is 7.85. The second-order valence-corrected chi connectivity index (χ2v) is 6.25. The summed E-state index contributed by atoms with van der Waals surface area (Å²) in [6.45, 7) is 0.488. The van der Waals surface area contributed by atoms with Gasteiger partial charge in [-0.05, 0) is 35.0 Å². The topological polar surface area (TPSA) is 55.9 Å². The van der Waals surface area contributed by atoms with Crippen molar-refractivity contribution in [3.05, 3.63) is 66.6 Å². The van der Waals surface area contributed by atoms with Gasteiger partial charge in [-0.3, -0.25) is 4.79 Å². The maximum Gasteiger partial charge on any atom is 0.258 e. The summed E-state index contributed by atoms with van der Waals surface area (Å²) in [5.74, 6) is 1.40. The first-order valence-corrected chi connectivity index (χ1v) is 8.35. The van der Waals surface area contributed by atoms with E-state index in [0.29, 0.717) is 12.3 Å². The Morgan fingerprint density at radius 3 is 2.64 bits per heavy atom. The van der Waals surface area contributed by atoms with Gasteiger partial charge in [-0.25, -0.2) is 0 Å². The molecule has 1 amide bonds. The van der Waals surface area contributed by atoms with Crippen LogP contribution in [-0.4, -0.2) is 33.2 Å². The lowest BCUT2D eigenvalue weighted by atomic mass is 10.1. The summed E-state index contributed by atoms with van der Waals surface area (Å²) in [5.41, 5.74) is 0. The molecule has 0 fully saturated rings. The van der Waals surface area contributed by atoms with Crippen LogP contribution in [0.1, 0.15) is 11.8 Å². The predicted octanol–water partition coefficient (Wildman–Crippen LogP) is 1.81. The Morgan fingerprint density at radius 1 is 1.12 bits per heavy atom. The molecule has 5 heteroatoms. The van der Waals surface area contributed by atoms with Crippen molar-refractivity contribution in [3.63, 3.8) is 0 Å². The number of fused-ring (bicyclic) bond motifs is 1. The molecule has 0 bridgehead atoms. The van der Waals surface area contributed by atoms with Gasteiger partial charge in [-0.2, -0.15) is 0 Å². The number of benzene rings is 2. The smallest absolute Gasteiger partial charge is 0.258 e. The van der Waals surface area contributed by atoms with Gasteiger partial charge in [-0.1, -0.05) is 30.3 Å². The summed E-state index contributed by atoms with van der Waals surface area (Å²) >= 11 is 0. The van der Waals surface area contributed by atoms with E-state index < -0.39 is 0 Å². The highest BCUT2D eigenvalue weighted by Gasteiger charge is 2.21. The number of carbonyl (C=O) groups is 1. The summed E-state index contributed by atoms with van der Waals surface area (Å²) < 4.78 is 11.1. The molecule has 130 valence electrons. The molecule has 0 radical (unpaired) electrons. The lowest BCUT2D eigenvalue weighted by Gasteiger charge is -2.19. The fraction of sp³-hybridized carbons (Fsp3) is 0.250. The van der Waals surface area contributed by atoms with E-state index in [-0.39, 0.29) is 18.6 Å². The van der Waals surface area contributed by atoms with Crippen molar-refractivity contribution in [2.24, 2.45) is 0 Å². The molecule has 1 atom stereocenters. The van der Waals surface area contributed by atoms with Crippen molar-refractivity contribution < 1.29 is 18.8 Å². The van der Waals surface area contributed by atoms with E-state index in [1.54, 1.807) is 6.26 Å². The molecule has 0 spiro atoms. The molecule has 2 N–H and O–H groups in total. The van der Waals surface area contributed by atoms with Crippen LogP contribution in [0, 0.1) is 0 Å². The van der Waals surface area contributed by atoms with Crippen molar-refractivity contribution in [2.45, 2.75) is 6.04 Å². The van der Waals surface area contributed by atoms with Gasteiger partial charge in [0.25, 0.3) is 5.91 Å². The number of likely N-dealkylation sites (N-methyl/N-ethyl adjacent to an activating group) is 1. The normalized spacial score (nSPS) is 12.3. The number of carbonyl (C=O) groups excluding carboxylic acids is 1. The third kappa shape index (κ3) is 4.39. The quantitative estimate of drug-likeness (QED) is 0.690. The monoisotopic (exact) mass is 339 g/mol. The molecular weight excluding hydrogens is 316 g/mol. The first kappa shape index (κ1) is 17.0. The van der Waals surface area contributed by atoms with Crippen LogP contribution in [0.4, 0.5) is 0 Å². The summed E-state index contributed by atoms with van der Waals surface area (Å²) in [7, 11) is 4.07. The third-order valence-corrected chi connectivity index (χ3v) is 4.18. The van der Waals surface area contributed by atoms with Crippen molar-refractivity contribution in [1.82, 2.24) is 5.32 Å². The van der Waals surface area contributed by atoms with Gasteiger partial charge in [0.1, 0.15) is 5.75 Å².